The topological polar surface area (TPSA) is 18.5 Å². The lowest BCUT2D eigenvalue weighted by molar-refractivity contribution is 0.196. The predicted molar refractivity (Wildman–Crippen MR) is 62.9 cm³/mol. The second kappa shape index (κ2) is 10.7. The van der Waals surface area contributed by atoms with Crippen molar-refractivity contribution in [1.82, 2.24) is 0 Å². The monoisotopic (exact) mass is 268 g/mol. The highest BCUT2D eigenvalue weighted by Crippen LogP contribution is 2.04. The van der Waals surface area contributed by atoms with E-state index in [1.165, 1.54) is 6.42 Å². The van der Waals surface area contributed by atoms with E-state index in [1.807, 2.05) is 0 Å². The van der Waals surface area contributed by atoms with Gasteiger partial charge < -0.3 is 8.85 Å². The second-order valence-corrected chi connectivity index (χ2v) is 5.90. The SMILES string of the molecule is CCCO[SiH](CCCBr)OCCC. The number of rotatable bonds is 9. The highest BCUT2D eigenvalue weighted by atomic mass is 79.9. The fraction of sp³-hybridized carbons (Fsp3) is 1.00. The number of halogens is 1. The predicted octanol–water partition coefficient (Wildman–Crippen LogP) is 2.85. The summed E-state index contributed by atoms with van der Waals surface area (Å²) < 4.78 is 11.4. The molecule has 13 heavy (non-hydrogen) atoms. The van der Waals surface area contributed by atoms with Crippen LogP contribution in [0.3, 0.4) is 0 Å². The molecule has 0 atom stereocenters. The third-order valence-corrected chi connectivity index (χ3v) is 4.24. The van der Waals surface area contributed by atoms with Gasteiger partial charge in [-0.15, -0.1) is 0 Å². The molecule has 0 aliphatic rings. The van der Waals surface area contributed by atoms with Gasteiger partial charge in [-0.25, -0.2) is 0 Å². The molecular formula is C9H21BrO2Si. The van der Waals surface area contributed by atoms with Gasteiger partial charge in [-0.2, -0.15) is 0 Å². The summed E-state index contributed by atoms with van der Waals surface area (Å²) in [5, 5.41) is 1.06. The van der Waals surface area contributed by atoms with Crippen molar-refractivity contribution in [2.75, 3.05) is 18.5 Å². The summed E-state index contributed by atoms with van der Waals surface area (Å²) in [5.74, 6) is 0. The van der Waals surface area contributed by atoms with E-state index < -0.39 is 9.28 Å². The van der Waals surface area contributed by atoms with Crippen LogP contribution in [0.5, 0.6) is 0 Å². The van der Waals surface area contributed by atoms with Crippen molar-refractivity contribution in [3.8, 4) is 0 Å². The maximum Gasteiger partial charge on any atom is 0.321 e. The third kappa shape index (κ3) is 8.93. The van der Waals surface area contributed by atoms with Crippen LogP contribution < -0.4 is 0 Å². The molecule has 0 aromatic heterocycles. The van der Waals surface area contributed by atoms with Gasteiger partial charge in [0.1, 0.15) is 0 Å². The Morgan fingerprint density at radius 1 is 1.08 bits per heavy atom. The average molecular weight is 269 g/mol. The Hall–Kier alpha value is 0.617. The smallest absolute Gasteiger partial charge is 0.321 e. The number of hydrogen-bond acceptors (Lipinski definition) is 2. The van der Waals surface area contributed by atoms with Crippen LogP contribution in [-0.4, -0.2) is 27.8 Å². The molecule has 0 aliphatic heterocycles. The highest BCUT2D eigenvalue weighted by molar-refractivity contribution is 9.09. The van der Waals surface area contributed by atoms with Crippen molar-refractivity contribution in [3.63, 3.8) is 0 Å². The summed E-state index contributed by atoms with van der Waals surface area (Å²) in [4.78, 5) is 0. The molecule has 0 saturated carbocycles. The maximum atomic E-state index is 5.69. The Bertz CT molecular complexity index is 84.6. The Balaban J connectivity index is 3.47. The minimum Gasteiger partial charge on any atom is -0.397 e. The minimum absolute atomic E-state index is 0.864. The van der Waals surface area contributed by atoms with Gasteiger partial charge in [0.2, 0.25) is 0 Å². The highest BCUT2D eigenvalue weighted by Gasteiger charge is 2.11. The van der Waals surface area contributed by atoms with Crippen LogP contribution >= 0.6 is 15.9 Å². The standard InChI is InChI=1S/C9H21BrO2Si/c1-3-7-11-13(9-5-6-10)12-8-4-2/h13H,3-9H2,1-2H3. The molecule has 0 rings (SSSR count). The third-order valence-electron chi connectivity index (χ3n) is 1.59. The largest absolute Gasteiger partial charge is 0.397 e. The zero-order valence-electron chi connectivity index (χ0n) is 8.72. The summed E-state index contributed by atoms with van der Waals surface area (Å²) >= 11 is 3.43. The summed E-state index contributed by atoms with van der Waals surface area (Å²) in [7, 11) is -1.32. The van der Waals surface area contributed by atoms with E-state index in [2.05, 4.69) is 29.8 Å². The Kier molecular flexibility index (Phi) is 11.2. The van der Waals surface area contributed by atoms with Crippen LogP contribution in [0.1, 0.15) is 33.1 Å². The fourth-order valence-electron chi connectivity index (χ4n) is 0.957. The molecule has 0 unspecified atom stereocenters. The van der Waals surface area contributed by atoms with Gasteiger partial charge in [-0.1, -0.05) is 29.8 Å². The van der Waals surface area contributed by atoms with E-state index in [9.17, 15) is 0 Å². The molecule has 0 bridgehead atoms. The lowest BCUT2D eigenvalue weighted by atomic mass is 10.5. The molecule has 0 aromatic carbocycles. The van der Waals surface area contributed by atoms with Crippen molar-refractivity contribution in [1.29, 1.82) is 0 Å². The second-order valence-electron chi connectivity index (χ2n) is 3.00. The van der Waals surface area contributed by atoms with Crippen LogP contribution in [0.4, 0.5) is 0 Å². The molecule has 0 amide bonds. The van der Waals surface area contributed by atoms with E-state index in [-0.39, 0.29) is 0 Å². The van der Waals surface area contributed by atoms with Gasteiger partial charge in [0.15, 0.2) is 0 Å². The van der Waals surface area contributed by atoms with Gasteiger partial charge in [-0.3, -0.25) is 0 Å². The van der Waals surface area contributed by atoms with Crippen LogP contribution in [-0.2, 0) is 8.85 Å². The first-order valence-corrected chi connectivity index (χ1v) is 8.02. The number of alkyl halides is 1. The fourth-order valence-corrected chi connectivity index (χ4v) is 3.84. The first-order chi connectivity index (χ1) is 6.35. The summed E-state index contributed by atoms with van der Waals surface area (Å²) in [5.41, 5.74) is 0. The maximum absolute atomic E-state index is 5.69. The summed E-state index contributed by atoms with van der Waals surface area (Å²) in [6.45, 7) is 6.00. The van der Waals surface area contributed by atoms with Gasteiger partial charge in [-0.05, 0) is 25.3 Å². The van der Waals surface area contributed by atoms with Crippen LogP contribution in [0.25, 0.3) is 0 Å². The van der Waals surface area contributed by atoms with Crippen molar-refractivity contribution < 1.29 is 8.85 Å². The van der Waals surface area contributed by atoms with E-state index >= 15 is 0 Å². The Morgan fingerprint density at radius 3 is 2.00 bits per heavy atom. The molecule has 0 fully saturated rings. The van der Waals surface area contributed by atoms with Crippen molar-refractivity contribution in [2.45, 2.75) is 39.2 Å². The van der Waals surface area contributed by atoms with E-state index in [0.29, 0.717) is 0 Å². The van der Waals surface area contributed by atoms with Crippen LogP contribution in [0.2, 0.25) is 6.04 Å². The molecule has 0 aliphatic carbocycles. The first kappa shape index (κ1) is 13.6. The lowest BCUT2D eigenvalue weighted by Crippen LogP contribution is -2.23. The summed E-state index contributed by atoms with van der Waals surface area (Å²) in [6.07, 6.45) is 3.35. The normalized spacial score (nSPS) is 11.1. The molecule has 4 heteroatoms. The Labute approximate surface area is 92.0 Å². The minimum atomic E-state index is -1.32. The van der Waals surface area contributed by atoms with Crippen LogP contribution in [0.15, 0.2) is 0 Å². The first-order valence-electron chi connectivity index (χ1n) is 5.14. The van der Waals surface area contributed by atoms with Gasteiger partial charge >= 0.3 is 9.28 Å². The molecule has 0 radical (unpaired) electrons. The van der Waals surface area contributed by atoms with Gasteiger partial charge in [0.05, 0.1) is 0 Å². The molecule has 0 aromatic rings. The van der Waals surface area contributed by atoms with Crippen molar-refractivity contribution >= 4 is 25.2 Å². The number of hydrogen-bond donors (Lipinski definition) is 0. The molecule has 0 N–H and O–H groups in total. The van der Waals surface area contributed by atoms with Crippen molar-refractivity contribution in [2.24, 2.45) is 0 Å². The van der Waals surface area contributed by atoms with Crippen LogP contribution in [0, 0.1) is 0 Å². The van der Waals surface area contributed by atoms with E-state index in [0.717, 1.165) is 37.4 Å². The zero-order chi connectivity index (χ0) is 9.94. The van der Waals surface area contributed by atoms with E-state index in [1.54, 1.807) is 0 Å². The van der Waals surface area contributed by atoms with Gasteiger partial charge in [0, 0.05) is 18.5 Å². The van der Waals surface area contributed by atoms with E-state index in [4.69, 9.17) is 8.85 Å². The zero-order valence-corrected chi connectivity index (χ0v) is 11.5. The quantitative estimate of drug-likeness (QED) is 0.473. The Morgan fingerprint density at radius 2 is 1.62 bits per heavy atom. The molecule has 0 saturated heterocycles. The molecular weight excluding hydrogens is 248 g/mol. The average Bonchev–Trinajstić information content (AvgIpc) is 2.17. The van der Waals surface area contributed by atoms with Gasteiger partial charge in [0.25, 0.3) is 0 Å². The van der Waals surface area contributed by atoms with Crippen molar-refractivity contribution in [3.05, 3.63) is 0 Å². The summed E-state index contributed by atoms with van der Waals surface area (Å²) in [6, 6.07) is 1.13. The molecule has 2 nitrogen and oxygen atoms in total. The molecule has 80 valence electrons. The molecule has 0 heterocycles. The molecule has 0 spiro atoms. The lowest BCUT2D eigenvalue weighted by Gasteiger charge is -2.15.